The quantitative estimate of drug-likeness (QED) is 0.792. The molecule has 0 bridgehead atoms. The molecule has 2 unspecified atom stereocenters. The second-order valence-corrected chi connectivity index (χ2v) is 6.56. The van der Waals surface area contributed by atoms with Gasteiger partial charge in [-0.05, 0) is 51.1 Å². The standard InChI is InChI=1S/C11H16Br2N2OS/c1-7(11(6-16)17-2)14-5-10-9(13)3-8(12)4-15-10/h3-4,7,11,14,16H,5-6H2,1-2H3. The molecule has 1 heterocycles. The summed E-state index contributed by atoms with van der Waals surface area (Å²) in [5.74, 6) is 0. The van der Waals surface area contributed by atoms with Crippen LogP contribution in [0.4, 0.5) is 0 Å². The molecule has 0 aliphatic carbocycles. The van der Waals surface area contributed by atoms with Crippen LogP contribution < -0.4 is 5.32 Å². The van der Waals surface area contributed by atoms with Crippen LogP contribution in [-0.2, 0) is 6.54 Å². The van der Waals surface area contributed by atoms with Crippen molar-refractivity contribution >= 4 is 43.6 Å². The molecule has 1 aromatic rings. The van der Waals surface area contributed by atoms with Crippen molar-refractivity contribution in [3.63, 3.8) is 0 Å². The monoisotopic (exact) mass is 382 g/mol. The summed E-state index contributed by atoms with van der Waals surface area (Å²) in [6, 6.07) is 2.22. The van der Waals surface area contributed by atoms with Crippen molar-refractivity contribution < 1.29 is 5.11 Å². The fourth-order valence-electron chi connectivity index (χ4n) is 1.40. The molecule has 0 spiro atoms. The zero-order chi connectivity index (χ0) is 12.8. The molecular formula is C11H16Br2N2OS. The van der Waals surface area contributed by atoms with Crippen molar-refractivity contribution in [1.82, 2.24) is 10.3 Å². The number of nitrogens with zero attached hydrogens (tertiary/aromatic N) is 1. The molecule has 2 atom stereocenters. The van der Waals surface area contributed by atoms with Crippen LogP contribution in [0.5, 0.6) is 0 Å². The van der Waals surface area contributed by atoms with E-state index in [-0.39, 0.29) is 17.9 Å². The Balaban J connectivity index is 2.55. The van der Waals surface area contributed by atoms with Crippen LogP contribution >= 0.6 is 43.6 Å². The van der Waals surface area contributed by atoms with E-state index in [4.69, 9.17) is 0 Å². The van der Waals surface area contributed by atoms with Gasteiger partial charge in [-0.15, -0.1) is 0 Å². The predicted octanol–water partition coefficient (Wildman–Crippen LogP) is 2.81. The third kappa shape index (κ3) is 4.87. The van der Waals surface area contributed by atoms with Gasteiger partial charge in [0.15, 0.2) is 0 Å². The zero-order valence-electron chi connectivity index (χ0n) is 9.78. The fraction of sp³-hybridized carbons (Fsp3) is 0.545. The van der Waals surface area contributed by atoms with E-state index < -0.39 is 0 Å². The number of rotatable bonds is 6. The topological polar surface area (TPSA) is 45.1 Å². The molecule has 0 aromatic carbocycles. The van der Waals surface area contributed by atoms with Crippen molar-refractivity contribution in [2.24, 2.45) is 0 Å². The summed E-state index contributed by atoms with van der Waals surface area (Å²) < 4.78 is 1.94. The maximum absolute atomic E-state index is 9.19. The van der Waals surface area contributed by atoms with E-state index in [2.05, 4.69) is 49.1 Å². The maximum Gasteiger partial charge on any atom is 0.0684 e. The molecule has 2 N–H and O–H groups in total. The van der Waals surface area contributed by atoms with E-state index >= 15 is 0 Å². The zero-order valence-corrected chi connectivity index (χ0v) is 13.8. The molecule has 0 radical (unpaired) electrons. The Kier molecular flexibility index (Phi) is 7.02. The number of nitrogens with one attached hydrogen (secondary N) is 1. The van der Waals surface area contributed by atoms with Crippen LogP contribution in [0, 0.1) is 0 Å². The van der Waals surface area contributed by atoms with Crippen LogP contribution in [0.15, 0.2) is 21.2 Å². The highest BCUT2D eigenvalue weighted by Crippen LogP contribution is 2.20. The SMILES string of the molecule is CSC(CO)C(C)NCc1ncc(Br)cc1Br. The van der Waals surface area contributed by atoms with Gasteiger partial charge in [0.25, 0.3) is 0 Å². The first-order valence-corrected chi connectivity index (χ1v) is 8.12. The largest absolute Gasteiger partial charge is 0.395 e. The van der Waals surface area contributed by atoms with Gasteiger partial charge in [-0.25, -0.2) is 0 Å². The third-order valence-electron chi connectivity index (χ3n) is 2.52. The molecule has 17 heavy (non-hydrogen) atoms. The lowest BCUT2D eigenvalue weighted by Gasteiger charge is -2.21. The summed E-state index contributed by atoms with van der Waals surface area (Å²) in [6.45, 7) is 2.94. The minimum Gasteiger partial charge on any atom is -0.395 e. The summed E-state index contributed by atoms with van der Waals surface area (Å²) >= 11 is 8.52. The minimum atomic E-state index is 0.185. The van der Waals surface area contributed by atoms with E-state index in [1.54, 1.807) is 18.0 Å². The first-order valence-electron chi connectivity index (χ1n) is 5.25. The lowest BCUT2D eigenvalue weighted by Crippen LogP contribution is -2.37. The van der Waals surface area contributed by atoms with Gasteiger partial charge in [-0.1, -0.05) is 0 Å². The Morgan fingerprint density at radius 2 is 2.24 bits per heavy atom. The van der Waals surface area contributed by atoms with Crippen LogP contribution in [0.25, 0.3) is 0 Å². The molecule has 6 heteroatoms. The van der Waals surface area contributed by atoms with Crippen molar-refractivity contribution in [2.75, 3.05) is 12.9 Å². The molecule has 96 valence electrons. The number of pyridine rings is 1. The Bertz CT molecular complexity index is 361. The van der Waals surface area contributed by atoms with Crippen LogP contribution in [-0.4, -0.2) is 34.2 Å². The summed E-state index contributed by atoms with van der Waals surface area (Å²) in [6.07, 6.45) is 3.79. The maximum atomic E-state index is 9.19. The molecule has 1 aromatic heterocycles. The molecule has 1 rings (SSSR count). The van der Waals surface area contributed by atoms with Gasteiger partial charge in [0.1, 0.15) is 0 Å². The molecule has 0 saturated carbocycles. The minimum absolute atomic E-state index is 0.185. The molecule has 0 saturated heterocycles. The van der Waals surface area contributed by atoms with E-state index in [0.717, 1.165) is 14.6 Å². The Morgan fingerprint density at radius 3 is 2.76 bits per heavy atom. The van der Waals surface area contributed by atoms with Gasteiger partial charge >= 0.3 is 0 Å². The highest BCUT2D eigenvalue weighted by Gasteiger charge is 2.15. The number of aromatic nitrogens is 1. The van der Waals surface area contributed by atoms with Gasteiger partial charge in [0.05, 0.1) is 12.3 Å². The molecule has 0 amide bonds. The van der Waals surface area contributed by atoms with Gasteiger partial charge < -0.3 is 10.4 Å². The van der Waals surface area contributed by atoms with Crippen LogP contribution in [0.3, 0.4) is 0 Å². The Morgan fingerprint density at radius 1 is 1.53 bits per heavy atom. The van der Waals surface area contributed by atoms with E-state index in [0.29, 0.717) is 6.54 Å². The molecular weight excluding hydrogens is 368 g/mol. The van der Waals surface area contributed by atoms with Crippen molar-refractivity contribution in [3.05, 3.63) is 26.9 Å². The summed E-state index contributed by atoms with van der Waals surface area (Å²) in [5.41, 5.74) is 0.970. The van der Waals surface area contributed by atoms with Crippen LogP contribution in [0.1, 0.15) is 12.6 Å². The number of aliphatic hydroxyl groups is 1. The number of halogens is 2. The molecule has 0 aliphatic rings. The Labute approximate surface area is 123 Å². The van der Waals surface area contributed by atoms with Crippen molar-refractivity contribution in [2.45, 2.75) is 24.8 Å². The van der Waals surface area contributed by atoms with Gasteiger partial charge in [0.2, 0.25) is 0 Å². The van der Waals surface area contributed by atoms with Gasteiger partial charge in [-0.2, -0.15) is 11.8 Å². The first kappa shape index (κ1) is 15.4. The lowest BCUT2D eigenvalue weighted by atomic mass is 10.2. The number of hydrogen-bond donors (Lipinski definition) is 2. The number of thioether (sulfide) groups is 1. The van der Waals surface area contributed by atoms with Crippen molar-refractivity contribution in [1.29, 1.82) is 0 Å². The van der Waals surface area contributed by atoms with Gasteiger partial charge in [0, 0.05) is 33.0 Å². The second-order valence-electron chi connectivity index (χ2n) is 3.71. The predicted molar refractivity (Wildman–Crippen MR) is 80.3 cm³/mol. The summed E-state index contributed by atoms with van der Waals surface area (Å²) in [5, 5.41) is 12.8. The third-order valence-corrected chi connectivity index (χ3v) is 4.80. The van der Waals surface area contributed by atoms with Crippen LogP contribution in [0.2, 0.25) is 0 Å². The van der Waals surface area contributed by atoms with E-state index in [9.17, 15) is 5.11 Å². The lowest BCUT2D eigenvalue weighted by molar-refractivity contribution is 0.275. The molecule has 3 nitrogen and oxygen atoms in total. The number of hydrogen-bond acceptors (Lipinski definition) is 4. The van der Waals surface area contributed by atoms with Crippen molar-refractivity contribution in [3.8, 4) is 0 Å². The smallest absolute Gasteiger partial charge is 0.0684 e. The van der Waals surface area contributed by atoms with E-state index in [1.165, 1.54) is 0 Å². The average molecular weight is 384 g/mol. The normalized spacial score (nSPS) is 14.6. The molecule has 0 aliphatic heterocycles. The number of aliphatic hydroxyl groups excluding tert-OH is 1. The Hall–Kier alpha value is 0.380. The highest BCUT2D eigenvalue weighted by molar-refractivity contribution is 9.11. The highest BCUT2D eigenvalue weighted by atomic mass is 79.9. The van der Waals surface area contributed by atoms with Gasteiger partial charge in [-0.3, -0.25) is 4.98 Å². The summed E-state index contributed by atoms with van der Waals surface area (Å²) in [4.78, 5) is 4.34. The average Bonchev–Trinajstić information content (AvgIpc) is 2.29. The fourth-order valence-corrected chi connectivity index (χ4v) is 3.18. The first-order chi connectivity index (χ1) is 8.08. The second kappa shape index (κ2) is 7.74. The summed E-state index contributed by atoms with van der Waals surface area (Å²) in [7, 11) is 0. The molecule has 0 fully saturated rings. The van der Waals surface area contributed by atoms with E-state index in [1.807, 2.05) is 12.3 Å².